The van der Waals surface area contributed by atoms with Crippen molar-refractivity contribution in [2.24, 2.45) is 0 Å². The van der Waals surface area contributed by atoms with Crippen LogP contribution in [0.5, 0.6) is 5.75 Å². The van der Waals surface area contributed by atoms with Gasteiger partial charge in [-0.15, -0.1) is 0 Å². The lowest BCUT2D eigenvalue weighted by molar-refractivity contribution is 0.367. The average Bonchev–Trinajstić information content (AvgIpc) is 3.82. The normalized spacial score (nSPS) is 16.1. The lowest BCUT2D eigenvalue weighted by Gasteiger charge is -2.49. The lowest BCUT2D eigenvalue weighted by Crippen LogP contribution is -2.41. The van der Waals surface area contributed by atoms with Crippen LogP contribution in [0.15, 0.2) is 193 Å². The molecule has 0 atom stereocenters. The molecule has 0 unspecified atom stereocenters. The van der Waals surface area contributed by atoms with Crippen LogP contribution in [0.3, 0.4) is 0 Å². The van der Waals surface area contributed by atoms with E-state index in [9.17, 15) is 0 Å². The molecule has 0 bridgehead atoms. The SMILES string of the molecule is C1=CC2=C(CC1)Oc1c(ccc3c1c1ccccc1n3C1=Cc3c(n(-c4ccccc4)c4ccccc34)CC1)C21c2ccccc2N(c2ccccc2)c2ccccc21. The molecule has 13 rings (SSSR count). The second-order valence-corrected chi connectivity index (χ2v) is 16.2. The molecule has 7 aromatic carbocycles. The van der Waals surface area contributed by atoms with E-state index in [2.05, 4.69) is 202 Å². The molecule has 4 heterocycles. The molecule has 0 amide bonds. The van der Waals surface area contributed by atoms with Crippen LogP contribution in [-0.4, -0.2) is 9.13 Å². The molecular weight excluding hydrogens is 719 g/mol. The highest BCUT2D eigenvalue weighted by Gasteiger charge is 2.52. The van der Waals surface area contributed by atoms with Crippen molar-refractivity contribution < 1.29 is 4.74 Å². The fraction of sp³-hybridized carbons (Fsp3) is 0.0909. The molecule has 0 saturated heterocycles. The summed E-state index contributed by atoms with van der Waals surface area (Å²) in [5.74, 6) is 2.04. The highest BCUT2D eigenvalue weighted by molar-refractivity contribution is 6.15. The van der Waals surface area contributed by atoms with Gasteiger partial charge in [-0.2, -0.15) is 0 Å². The van der Waals surface area contributed by atoms with Crippen LogP contribution in [0.2, 0.25) is 0 Å². The Balaban J connectivity index is 1.09. The first-order valence-corrected chi connectivity index (χ1v) is 20.9. The zero-order valence-electron chi connectivity index (χ0n) is 32.5. The van der Waals surface area contributed by atoms with Crippen LogP contribution in [0.1, 0.15) is 47.2 Å². The fourth-order valence-corrected chi connectivity index (χ4v) is 11.0. The number of hydrogen-bond acceptors (Lipinski definition) is 2. The van der Waals surface area contributed by atoms with Crippen LogP contribution in [0.25, 0.3) is 50.2 Å². The topological polar surface area (TPSA) is 22.3 Å². The first-order valence-electron chi connectivity index (χ1n) is 20.9. The Morgan fingerprint density at radius 1 is 0.492 bits per heavy atom. The number of anilines is 3. The van der Waals surface area contributed by atoms with Crippen molar-refractivity contribution in [1.82, 2.24) is 9.13 Å². The number of rotatable bonds is 3. The number of benzene rings is 7. The van der Waals surface area contributed by atoms with Gasteiger partial charge in [0.25, 0.3) is 0 Å². The third kappa shape index (κ3) is 4.38. The van der Waals surface area contributed by atoms with E-state index in [0.29, 0.717) is 0 Å². The Morgan fingerprint density at radius 3 is 1.86 bits per heavy atom. The molecular formula is C55H39N3O. The molecule has 4 nitrogen and oxygen atoms in total. The smallest absolute Gasteiger partial charge is 0.141 e. The summed E-state index contributed by atoms with van der Waals surface area (Å²) < 4.78 is 12.4. The molecule has 2 aliphatic carbocycles. The summed E-state index contributed by atoms with van der Waals surface area (Å²) >= 11 is 0. The molecule has 0 fully saturated rings. The highest BCUT2D eigenvalue weighted by Crippen LogP contribution is 2.63. The molecule has 9 aromatic rings. The Labute approximate surface area is 342 Å². The summed E-state index contributed by atoms with van der Waals surface area (Å²) in [7, 11) is 0. The highest BCUT2D eigenvalue weighted by atomic mass is 16.5. The maximum atomic E-state index is 7.37. The van der Waals surface area contributed by atoms with Gasteiger partial charge < -0.3 is 18.8 Å². The van der Waals surface area contributed by atoms with Gasteiger partial charge in [0, 0.05) is 56.7 Å². The molecule has 0 saturated carbocycles. The minimum Gasteiger partial charge on any atom is -0.460 e. The van der Waals surface area contributed by atoms with Gasteiger partial charge in [-0.1, -0.05) is 127 Å². The number of aromatic nitrogens is 2. The zero-order valence-corrected chi connectivity index (χ0v) is 32.5. The van der Waals surface area contributed by atoms with E-state index in [4.69, 9.17) is 4.74 Å². The van der Waals surface area contributed by atoms with Crippen molar-refractivity contribution in [3.63, 3.8) is 0 Å². The second-order valence-electron chi connectivity index (χ2n) is 16.2. The molecule has 0 radical (unpaired) electrons. The Hall–Kier alpha value is -7.30. The van der Waals surface area contributed by atoms with E-state index in [-0.39, 0.29) is 0 Å². The van der Waals surface area contributed by atoms with E-state index < -0.39 is 5.41 Å². The molecule has 1 spiro atoms. The van der Waals surface area contributed by atoms with E-state index in [1.807, 2.05) is 0 Å². The van der Waals surface area contributed by atoms with Gasteiger partial charge in [0.15, 0.2) is 0 Å². The largest absolute Gasteiger partial charge is 0.460 e. The van der Waals surface area contributed by atoms with Crippen molar-refractivity contribution in [1.29, 1.82) is 0 Å². The van der Waals surface area contributed by atoms with Gasteiger partial charge in [0.05, 0.1) is 38.7 Å². The molecule has 280 valence electrons. The number of ether oxygens (including phenoxy) is 1. The summed E-state index contributed by atoms with van der Waals surface area (Å²) in [6.07, 6.45) is 10.8. The van der Waals surface area contributed by atoms with Gasteiger partial charge in [0.2, 0.25) is 0 Å². The predicted octanol–water partition coefficient (Wildman–Crippen LogP) is 13.8. The Morgan fingerprint density at radius 2 is 1.12 bits per heavy atom. The summed E-state index contributed by atoms with van der Waals surface area (Å²) in [6.45, 7) is 0. The molecule has 2 aliphatic heterocycles. The van der Waals surface area contributed by atoms with Gasteiger partial charge in [-0.25, -0.2) is 0 Å². The number of para-hydroxylation sites is 6. The van der Waals surface area contributed by atoms with Crippen LogP contribution in [0.4, 0.5) is 17.1 Å². The maximum absolute atomic E-state index is 7.37. The number of hydrogen-bond donors (Lipinski definition) is 0. The summed E-state index contributed by atoms with van der Waals surface area (Å²) in [5.41, 5.74) is 16.7. The van der Waals surface area contributed by atoms with Crippen molar-refractivity contribution >= 4 is 61.5 Å². The van der Waals surface area contributed by atoms with Gasteiger partial charge >= 0.3 is 0 Å². The van der Waals surface area contributed by atoms with Gasteiger partial charge in [0.1, 0.15) is 11.5 Å². The van der Waals surface area contributed by atoms with E-state index in [1.54, 1.807) is 0 Å². The first-order chi connectivity index (χ1) is 29.3. The van der Waals surface area contributed by atoms with Crippen molar-refractivity contribution in [3.05, 3.63) is 221 Å². The summed E-state index contributed by atoms with van der Waals surface area (Å²) in [5, 5.41) is 3.68. The van der Waals surface area contributed by atoms with Crippen molar-refractivity contribution in [2.75, 3.05) is 4.90 Å². The van der Waals surface area contributed by atoms with Gasteiger partial charge in [-0.05, 0) is 91.1 Å². The Kier molecular flexibility index (Phi) is 6.86. The van der Waals surface area contributed by atoms with E-state index in [1.165, 1.54) is 89.0 Å². The molecule has 4 aliphatic rings. The minimum atomic E-state index is -0.589. The van der Waals surface area contributed by atoms with Gasteiger partial charge in [-0.3, -0.25) is 0 Å². The Bertz CT molecular complexity index is 3260. The molecule has 59 heavy (non-hydrogen) atoms. The van der Waals surface area contributed by atoms with Crippen molar-refractivity contribution in [3.8, 4) is 11.4 Å². The second kappa shape index (κ2) is 12.3. The first kappa shape index (κ1) is 32.8. The molecule has 2 aromatic heterocycles. The predicted molar refractivity (Wildman–Crippen MR) is 242 cm³/mol. The number of nitrogens with zero attached hydrogens (tertiary/aromatic N) is 3. The lowest BCUT2D eigenvalue weighted by atomic mass is 9.60. The standard InChI is InChI=1S/C55H39N3O/c1-3-17-36(18-4-1)56-46-26-12-7-21-39(46)41-35-38(31-33-48(41)56)58-47-27-13-8-22-40(47)53-51(58)34-32-45-54(53)59-52-30-16-11-25-44(52)55(45)42-23-9-14-28-49(42)57(37-19-5-2-6-20-37)50-29-15-10-24-43(50)55/h1-15,17-29,32,34-35H,16,30-31,33H2. The summed E-state index contributed by atoms with van der Waals surface area (Å²) in [6, 6.07) is 62.3. The van der Waals surface area contributed by atoms with Crippen LogP contribution in [0, 0.1) is 0 Å². The van der Waals surface area contributed by atoms with Crippen LogP contribution < -0.4 is 9.64 Å². The zero-order chi connectivity index (χ0) is 38.7. The number of allylic oxidation sites excluding steroid dienone is 5. The third-order valence-electron chi connectivity index (χ3n) is 13.3. The molecule has 0 N–H and O–H groups in total. The molecule has 4 heteroatoms. The number of fused-ring (bicyclic) bond motifs is 14. The van der Waals surface area contributed by atoms with Crippen LogP contribution in [-0.2, 0) is 11.8 Å². The maximum Gasteiger partial charge on any atom is 0.141 e. The van der Waals surface area contributed by atoms with Crippen molar-refractivity contribution in [2.45, 2.75) is 31.1 Å². The quantitative estimate of drug-likeness (QED) is 0.179. The third-order valence-corrected chi connectivity index (χ3v) is 13.3. The van der Waals surface area contributed by atoms with E-state index in [0.717, 1.165) is 42.9 Å². The van der Waals surface area contributed by atoms with Crippen LogP contribution >= 0.6 is 0 Å². The average molecular weight is 758 g/mol. The van der Waals surface area contributed by atoms with E-state index >= 15 is 0 Å². The monoisotopic (exact) mass is 757 g/mol. The fourth-order valence-electron chi connectivity index (χ4n) is 11.0. The summed E-state index contributed by atoms with van der Waals surface area (Å²) in [4.78, 5) is 2.45. The minimum absolute atomic E-state index is 0.589.